The fraction of sp³-hybridized carbons (Fsp3) is 0.824. The summed E-state index contributed by atoms with van der Waals surface area (Å²) >= 11 is 0. The van der Waals surface area contributed by atoms with Crippen LogP contribution in [0.4, 0.5) is 0 Å². The van der Waals surface area contributed by atoms with Gasteiger partial charge in [-0.1, -0.05) is 25.4 Å². The van der Waals surface area contributed by atoms with Gasteiger partial charge < -0.3 is 9.42 Å². The van der Waals surface area contributed by atoms with Crippen LogP contribution in [-0.4, -0.2) is 52.0 Å². The highest BCUT2D eigenvalue weighted by molar-refractivity contribution is 5.79. The van der Waals surface area contributed by atoms with Gasteiger partial charge in [-0.2, -0.15) is 4.98 Å². The molecule has 1 aliphatic heterocycles. The quantitative estimate of drug-likeness (QED) is 0.852. The Morgan fingerprint density at radius 3 is 2.65 bits per heavy atom. The van der Waals surface area contributed by atoms with Gasteiger partial charge in [0.05, 0.1) is 0 Å². The molecule has 0 N–H and O–H groups in total. The molecule has 0 radical (unpaired) electrons. The molecule has 1 aromatic heterocycles. The fourth-order valence-corrected chi connectivity index (χ4v) is 3.52. The molecule has 2 heterocycles. The number of hydrogen-bond acceptors (Lipinski definition) is 5. The maximum atomic E-state index is 12.7. The Morgan fingerprint density at radius 1 is 1.30 bits per heavy atom. The second-order valence-electron chi connectivity index (χ2n) is 7.35. The SMILES string of the molecule is Cc1noc(C2CN(C(=O)C3CCC3)CCCN2CC(C)C)n1. The molecule has 23 heavy (non-hydrogen) atoms. The number of nitrogens with zero attached hydrogens (tertiary/aromatic N) is 4. The second-order valence-corrected chi connectivity index (χ2v) is 7.35. The molecular formula is C17H28N4O2. The third-order valence-corrected chi connectivity index (χ3v) is 4.90. The minimum atomic E-state index is 0.0186. The molecule has 0 aromatic carbocycles. The Morgan fingerprint density at radius 2 is 2.09 bits per heavy atom. The first-order valence-electron chi connectivity index (χ1n) is 8.87. The van der Waals surface area contributed by atoms with Gasteiger partial charge in [0.25, 0.3) is 0 Å². The number of aryl methyl sites for hydroxylation is 1. The van der Waals surface area contributed by atoms with Crippen LogP contribution in [0, 0.1) is 18.8 Å². The van der Waals surface area contributed by atoms with Crippen molar-refractivity contribution in [1.29, 1.82) is 0 Å². The number of amides is 1. The minimum absolute atomic E-state index is 0.0186. The molecule has 1 aliphatic carbocycles. The van der Waals surface area contributed by atoms with Gasteiger partial charge in [-0.25, -0.2) is 0 Å². The van der Waals surface area contributed by atoms with E-state index in [1.807, 2.05) is 11.8 Å². The summed E-state index contributed by atoms with van der Waals surface area (Å²) in [4.78, 5) is 21.6. The van der Waals surface area contributed by atoms with Crippen molar-refractivity contribution in [2.45, 2.75) is 52.5 Å². The number of rotatable bonds is 4. The van der Waals surface area contributed by atoms with E-state index >= 15 is 0 Å². The van der Waals surface area contributed by atoms with E-state index in [2.05, 4.69) is 28.9 Å². The first kappa shape index (κ1) is 16.4. The third kappa shape index (κ3) is 3.74. The van der Waals surface area contributed by atoms with Crippen LogP contribution < -0.4 is 0 Å². The molecule has 1 saturated carbocycles. The number of carbonyl (C=O) groups is 1. The molecule has 0 spiro atoms. The van der Waals surface area contributed by atoms with Crippen molar-refractivity contribution in [3.05, 3.63) is 11.7 Å². The summed E-state index contributed by atoms with van der Waals surface area (Å²) in [5, 5.41) is 3.95. The Hall–Kier alpha value is -1.43. The van der Waals surface area contributed by atoms with Gasteiger partial charge in [0.1, 0.15) is 6.04 Å². The number of carbonyl (C=O) groups excluding carboxylic acids is 1. The van der Waals surface area contributed by atoms with Crippen molar-refractivity contribution >= 4 is 5.91 Å². The van der Waals surface area contributed by atoms with Crippen LogP contribution in [0.15, 0.2) is 4.52 Å². The summed E-state index contributed by atoms with van der Waals surface area (Å²) in [6.07, 6.45) is 4.30. The summed E-state index contributed by atoms with van der Waals surface area (Å²) in [6, 6.07) is 0.0186. The molecule has 0 bridgehead atoms. The first-order valence-corrected chi connectivity index (χ1v) is 8.87. The maximum absolute atomic E-state index is 12.7. The number of aromatic nitrogens is 2. The topological polar surface area (TPSA) is 62.5 Å². The number of hydrogen-bond donors (Lipinski definition) is 0. The molecule has 1 unspecified atom stereocenters. The molecular weight excluding hydrogens is 292 g/mol. The van der Waals surface area contributed by atoms with Crippen molar-refractivity contribution in [3.8, 4) is 0 Å². The monoisotopic (exact) mass is 320 g/mol. The standard InChI is InChI=1S/C17H28N4O2/c1-12(2)10-20-8-5-9-21(17(22)14-6-4-7-14)11-15(20)16-18-13(3)19-23-16/h12,14-15H,4-11H2,1-3H3. The largest absolute Gasteiger partial charge is 0.340 e. The molecule has 1 saturated heterocycles. The van der Waals surface area contributed by atoms with Crippen LogP contribution >= 0.6 is 0 Å². The van der Waals surface area contributed by atoms with Gasteiger partial charge in [0, 0.05) is 32.1 Å². The van der Waals surface area contributed by atoms with Crippen LogP contribution in [-0.2, 0) is 4.79 Å². The molecule has 3 rings (SSSR count). The lowest BCUT2D eigenvalue weighted by Gasteiger charge is -2.33. The molecule has 6 heteroatoms. The second kappa shape index (κ2) is 6.99. The molecule has 1 atom stereocenters. The summed E-state index contributed by atoms with van der Waals surface area (Å²) < 4.78 is 5.46. The lowest BCUT2D eigenvalue weighted by atomic mass is 9.84. The van der Waals surface area contributed by atoms with Crippen LogP contribution in [0.2, 0.25) is 0 Å². The Kier molecular flexibility index (Phi) is 4.99. The van der Waals surface area contributed by atoms with E-state index in [1.165, 1.54) is 6.42 Å². The average molecular weight is 320 g/mol. The third-order valence-electron chi connectivity index (χ3n) is 4.90. The maximum Gasteiger partial charge on any atom is 0.245 e. The van der Waals surface area contributed by atoms with E-state index in [1.54, 1.807) is 0 Å². The van der Waals surface area contributed by atoms with Gasteiger partial charge in [-0.05, 0) is 32.1 Å². The Balaban J connectivity index is 1.79. The van der Waals surface area contributed by atoms with Crippen LogP contribution in [0.3, 0.4) is 0 Å². The summed E-state index contributed by atoms with van der Waals surface area (Å²) in [7, 11) is 0. The van der Waals surface area contributed by atoms with Gasteiger partial charge in [-0.3, -0.25) is 9.69 Å². The predicted molar refractivity (Wildman–Crippen MR) is 86.7 cm³/mol. The van der Waals surface area contributed by atoms with E-state index in [-0.39, 0.29) is 12.0 Å². The first-order chi connectivity index (χ1) is 11.0. The zero-order valence-corrected chi connectivity index (χ0v) is 14.5. The summed E-state index contributed by atoms with van der Waals surface area (Å²) in [5.41, 5.74) is 0. The van der Waals surface area contributed by atoms with E-state index in [4.69, 9.17) is 4.52 Å². The molecule has 2 aliphatic rings. The van der Waals surface area contributed by atoms with E-state index < -0.39 is 0 Å². The van der Waals surface area contributed by atoms with Crippen molar-refractivity contribution < 1.29 is 9.32 Å². The molecule has 128 valence electrons. The van der Waals surface area contributed by atoms with Crippen molar-refractivity contribution in [1.82, 2.24) is 19.9 Å². The van der Waals surface area contributed by atoms with Gasteiger partial charge in [0.15, 0.2) is 5.82 Å². The molecule has 2 fully saturated rings. The lowest BCUT2D eigenvalue weighted by molar-refractivity contribution is -0.138. The van der Waals surface area contributed by atoms with Crippen LogP contribution in [0.1, 0.15) is 57.3 Å². The van der Waals surface area contributed by atoms with Crippen molar-refractivity contribution in [3.63, 3.8) is 0 Å². The zero-order chi connectivity index (χ0) is 16.4. The molecule has 1 amide bonds. The highest BCUT2D eigenvalue weighted by atomic mass is 16.5. The Labute approximate surface area is 138 Å². The molecule has 1 aromatic rings. The summed E-state index contributed by atoms with van der Waals surface area (Å²) in [5.74, 6) is 2.44. The van der Waals surface area contributed by atoms with Gasteiger partial charge in [-0.15, -0.1) is 0 Å². The van der Waals surface area contributed by atoms with E-state index in [9.17, 15) is 4.79 Å². The lowest BCUT2D eigenvalue weighted by Crippen LogP contribution is -2.42. The highest BCUT2D eigenvalue weighted by Gasteiger charge is 2.36. The van der Waals surface area contributed by atoms with Gasteiger partial charge >= 0.3 is 0 Å². The summed E-state index contributed by atoms with van der Waals surface area (Å²) in [6.45, 7) is 9.75. The van der Waals surface area contributed by atoms with E-state index in [0.29, 0.717) is 30.1 Å². The minimum Gasteiger partial charge on any atom is -0.340 e. The predicted octanol–water partition coefficient (Wildman–Crippen LogP) is 2.41. The van der Waals surface area contributed by atoms with Crippen molar-refractivity contribution in [2.75, 3.05) is 26.2 Å². The molecule has 6 nitrogen and oxygen atoms in total. The van der Waals surface area contributed by atoms with Gasteiger partial charge in [0.2, 0.25) is 11.8 Å². The Bertz CT molecular complexity index is 538. The van der Waals surface area contributed by atoms with Crippen LogP contribution in [0.5, 0.6) is 0 Å². The average Bonchev–Trinajstić information content (AvgIpc) is 2.74. The normalized spacial score (nSPS) is 23.8. The van der Waals surface area contributed by atoms with Crippen LogP contribution in [0.25, 0.3) is 0 Å². The zero-order valence-electron chi connectivity index (χ0n) is 14.5. The fourth-order valence-electron chi connectivity index (χ4n) is 3.52. The van der Waals surface area contributed by atoms with Crippen molar-refractivity contribution in [2.24, 2.45) is 11.8 Å². The van der Waals surface area contributed by atoms with E-state index in [0.717, 1.165) is 38.9 Å². The smallest absolute Gasteiger partial charge is 0.245 e. The highest BCUT2D eigenvalue weighted by Crippen LogP contribution is 2.31.